The molecule has 0 aliphatic rings. The fourth-order valence-corrected chi connectivity index (χ4v) is 4.03. The number of aliphatic carboxylic acids is 1. The number of amides is 2. The van der Waals surface area contributed by atoms with Gasteiger partial charge in [0.1, 0.15) is 11.7 Å². The van der Waals surface area contributed by atoms with Gasteiger partial charge < -0.3 is 40.8 Å². The minimum absolute atomic E-state index is 0.0339. The second-order valence-electron chi connectivity index (χ2n) is 9.82. The van der Waals surface area contributed by atoms with E-state index in [0.29, 0.717) is 22.4 Å². The Bertz CT molecular complexity index is 1540. The number of anilines is 2. The van der Waals surface area contributed by atoms with Gasteiger partial charge in [-0.2, -0.15) is 4.99 Å². The maximum absolute atomic E-state index is 14.7. The number of nitrogens with two attached hydrogens (primary N) is 1. The molecule has 0 aliphatic carbocycles. The van der Waals surface area contributed by atoms with Crippen molar-refractivity contribution >= 4 is 35.2 Å². The zero-order valence-corrected chi connectivity index (χ0v) is 24.8. The standard InChI is InChI=1S/C31H35FN4O8/c1-5-42-31(41)36-29(33)20-6-8-22(9-7-20)35-30(40)23-10-18(4)24(32)13-25(23)34-14-21-11-19(15-37)12-26(44-17(2)3)28(21)43-16-27(38)39/h6-13,17,34,37H,5,14-16H2,1-4H3,(H,35,40)(H,38,39)(H2,33,36,41). The number of carbonyl (C=O) groups excluding carboxylic acids is 2. The van der Waals surface area contributed by atoms with Crippen LogP contribution in [0.15, 0.2) is 53.5 Å². The third-order valence-corrected chi connectivity index (χ3v) is 6.01. The lowest BCUT2D eigenvalue weighted by molar-refractivity contribution is -0.139. The number of carboxylic acid groups (broad SMARTS) is 1. The number of aliphatic hydroxyl groups excluding tert-OH is 1. The van der Waals surface area contributed by atoms with E-state index < -0.39 is 30.4 Å². The number of nitrogens with one attached hydrogen (secondary N) is 2. The van der Waals surface area contributed by atoms with Gasteiger partial charge in [-0.1, -0.05) is 0 Å². The van der Waals surface area contributed by atoms with Crippen LogP contribution in [0.2, 0.25) is 0 Å². The summed E-state index contributed by atoms with van der Waals surface area (Å²) in [6.45, 7) is 5.88. The summed E-state index contributed by atoms with van der Waals surface area (Å²) in [6, 6.07) is 12.0. The van der Waals surface area contributed by atoms with E-state index in [4.69, 9.17) is 19.9 Å². The van der Waals surface area contributed by atoms with Gasteiger partial charge in [-0.15, -0.1) is 0 Å². The molecule has 13 heteroatoms. The summed E-state index contributed by atoms with van der Waals surface area (Å²) in [4.78, 5) is 39.8. The smallest absolute Gasteiger partial charge is 0.435 e. The summed E-state index contributed by atoms with van der Waals surface area (Å²) in [6.07, 6.45) is -1.10. The Kier molecular flexibility index (Phi) is 11.6. The molecule has 2 amide bonds. The molecule has 0 bridgehead atoms. The van der Waals surface area contributed by atoms with E-state index in [1.54, 1.807) is 57.2 Å². The summed E-state index contributed by atoms with van der Waals surface area (Å²) in [5.41, 5.74) is 8.09. The third-order valence-electron chi connectivity index (χ3n) is 6.01. The number of nitrogens with zero attached hydrogens (tertiary/aromatic N) is 1. The second kappa shape index (κ2) is 15.3. The summed E-state index contributed by atoms with van der Waals surface area (Å²) >= 11 is 0. The first-order valence-electron chi connectivity index (χ1n) is 13.7. The van der Waals surface area contributed by atoms with E-state index >= 15 is 0 Å². The third kappa shape index (κ3) is 9.16. The average Bonchev–Trinajstić information content (AvgIpc) is 2.96. The fourth-order valence-electron chi connectivity index (χ4n) is 4.03. The molecule has 6 N–H and O–H groups in total. The number of carbonyl (C=O) groups is 3. The van der Waals surface area contributed by atoms with Crippen molar-refractivity contribution in [1.82, 2.24) is 0 Å². The van der Waals surface area contributed by atoms with Gasteiger partial charge in [0, 0.05) is 23.4 Å². The van der Waals surface area contributed by atoms with E-state index in [1.807, 2.05) is 0 Å². The first-order chi connectivity index (χ1) is 20.9. The number of ether oxygens (including phenoxy) is 3. The Morgan fingerprint density at radius 2 is 1.80 bits per heavy atom. The van der Waals surface area contributed by atoms with Crippen LogP contribution in [0.5, 0.6) is 11.5 Å². The van der Waals surface area contributed by atoms with Crippen molar-refractivity contribution in [3.05, 3.63) is 82.2 Å². The van der Waals surface area contributed by atoms with Gasteiger partial charge in [-0.05, 0) is 87.4 Å². The molecule has 3 aromatic rings. The van der Waals surface area contributed by atoms with Crippen molar-refractivity contribution in [2.45, 2.75) is 47.0 Å². The molecule has 0 aliphatic heterocycles. The summed E-state index contributed by atoms with van der Waals surface area (Å²) < 4.78 is 30.8. The molecule has 0 atom stereocenters. The zero-order valence-electron chi connectivity index (χ0n) is 24.8. The number of aliphatic hydroxyl groups is 1. The number of carboxylic acids is 1. The molecule has 0 saturated heterocycles. The fraction of sp³-hybridized carbons (Fsp3) is 0.290. The van der Waals surface area contributed by atoms with Crippen molar-refractivity contribution in [2.75, 3.05) is 23.8 Å². The van der Waals surface area contributed by atoms with Crippen molar-refractivity contribution < 1.29 is 43.2 Å². The molecule has 3 aromatic carbocycles. The number of hydrogen-bond acceptors (Lipinski definition) is 8. The molecular weight excluding hydrogens is 575 g/mol. The van der Waals surface area contributed by atoms with Gasteiger partial charge in [-0.3, -0.25) is 4.79 Å². The maximum Gasteiger partial charge on any atom is 0.435 e. The topological polar surface area (TPSA) is 182 Å². The minimum Gasteiger partial charge on any atom is -0.487 e. The van der Waals surface area contributed by atoms with E-state index in [9.17, 15) is 29.0 Å². The van der Waals surface area contributed by atoms with Gasteiger partial charge in [0.25, 0.3) is 5.91 Å². The number of benzene rings is 3. The van der Waals surface area contributed by atoms with Gasteiger partial charge in [0.15, 0.2) is 18.1 Å². The molecule has 0 aromatic heterocycles. The molecule has 44 heavy (non-hydrogen) atoms. The van der Waals surface area contributed by atoms with E-state index in [1.165, 1.54) is 19.1 Å². The van der Waals surface area contributed by atoms with Crippen LogP contribution in [0.3, 0.4) is 0 Å². The molecule has 0 fully saturated rings. The van der Waals surface area contributed by atoms with E-state index in [0.717, 1.165) is 0 Å². The minimum atomic E-state index is -1.20. The number of rotatable bonds is 13. The van der Waals surface area contributed by atoms with Crippen LogP contribution < -0.4 is 25.8 Å². The van der Waals surface area contributed by atoms with E-state index in [2.05, 4.69) is 15.6 Å². The molecule has 0 unspecified atom stereocenters. The lowest BCUT2D eigenvalue weighted by Gasteiger charge is -2.20. The Labute approximate surface area is 253 Å². The molecule has 234 valence electrons. The molecule has 0 saturated carbocycles. The van der Waals surface area contributed by atoms with Crippen LogP contribution in [-0.4, -0.2) is 53.3 Å². The van der Waals surface area contributed by atoms with Crippen LogP contribution in [-0.2, 0) is 22.7 Å². The predicted molar refractivity (Wildman–Crippen MR) is 162 cm³/mol. The summed E-state index contributed by atoms with van der Waals surface area (Å²) in [5.74, 6) is -2.00. The summed E-state index contributed by atoms with van der Waals surface area (Å²) in [5, 5.41) is 24.8. The van der Waals surface area contributed by atoms with Gasteiger partial charge in [0.05, 0.1) is 30.6 Å². The molecule has 0 radical (unpaired) electrons. The highest BCUT2D eigenvalue weighted by Crippen LogP contribution is 2.35. The first kappa shape index (κ1) is 33.3. The van der Waals surface area contributed by atoms with Crippen LogP contribution in [0.4, 0.5) is 20.6 Å². The van der Waals surface area contributed by atoms with Gasteiger partial charge >= 0.3 is 12.1 Å². The highest BCUT2D eigenvalue weighted by Gasteiger charge is 2.19. The second-order valence-corrected chi connectivity index (χ2v) is 9.82. The van der Waals surface area contributed by atoms with Crippen molar-refractivity contribution in [3.63, 3.8) is 0 Å². The molecule has 3 rings (SSSR count). The average molecular weight is 611 g/mol. The normalized spacial score (nSPS) is 11.2. The quantitative estimate of drug-likeness (QED) is 0.135. The lowest BCUT2D eigenvalue weighted by atomic mass is 10.1. The SMILES string of the molecule is CCOC(=O)/N=C(\N)c1ccc(NC(=O)c2cc(C)c(F)cc2NCc2cc(CO)cc(OC(C)C)c2OCC(=O)O)cc1. The molecule has 0 heterocycles. The Morgan fingerprint density at radius 3 is 2.41 bits per heavy atom. The Hall–Kier alpha value is -5.17. The number of aryl methyl sites for hydroxylation is 1. The van der Waals surface area contributed by atoms with E-state index in [-0.39, 0.29) is 60.0 Å². The number of aliphatic imine (C=N–C) groups is 1. The largest absolute Gasteiger partial charge is 0.487 e. The summed E-state index contributed by atoms with van der Waals surface area (Å²) in [7, 11) is 0. The van der Waals surface area contributed by atoms with Crippen LogP contribution >= 0.6 is 0 Å². The number of hydrogen-bond donors (Lipinski definition) is 5. The van der Waals surface area contributed by atoms with Gasteiger partial charge in [0.2, 0.25) is 0 Å². The van der Waals surface area contributed by atoms with Gasteiger partial charge in [-0.25, -0.2) is 14.0 Å². The molecular formula is C31H35FN4O8. The monoisotopic (exact) mass is 610 g/mol. The highest BCUT2D eigenvalue weighted by molar-refractivity contribution is 6.08. The van der Waals surface area contributed by atoms with Crippen LogP contribution in [0.1, 0.15) is 53.4 Å². The number of halogens is 1. The Morgan fingerprint density at radius 1 is 1.09 bits per heavy atom. The molecule has 0 spiro atoms. The van der Waals surface area contributed by atoms with Crippen molar-refractivity contribution in [2.24, 2.45) is 10.7 Å². The maximum atomic E-state index is 14.7. The molecule has 12 nitrogen and oxygen atoms in total. The number of amidine groups is 1. The Balaban J connectivity index is 1.89. The lowest BCUT2D eigenvalue weighted by Crippen LogP contribution is -2.18. The van der Waals surface area contributed by atoms with Crippen molar-refractivity contribution in [1.29, 1.82) is 0 Å². The first-order valence-corrected chi connectivity index (χ1v) is 13.7. The predicted octanol–water partition coefficient (Wildman–Crippen LogP) is 4.60. The zero-order chi connectivity index (χ0) is 32.4. The van der Waals surface area contributed by atoms with Crippen LogP contribution in [0.25, 0.3) is 0 Å². The van der Waals surface area contributed by atoms with Crippen molar-refractivity contribution in [3.8, 4) is 11.5 Å². The van der Waals surface area contributed by atoms with Crippen LogP contribution in [0, 0.1) is 12.7 Å². The highest BCUT2D eigenvalue weighted by atomic mass is 19.1.